The molecule has 0 saturated heterocycles. The van der Waals surface area contributed by atoms with Crippen LogP contribution in [0.25, 0.3) is 0 Å². The SMILES string of the molecule is Cc1ccncc1CNC(=O)c1ccc(I)cc1. The molecule has 0 unspecified atom stereocenters. The maximum atomic E-state index is 11.9. The van der Waals surface area contributed by atoms with Crippen molar-refractivity contribution in [1.82, 2.24) is 10.3 Å². The fourth-order valence-corrected chi connectivity index (χ4v) is 1.92. The Morgan fingerprint density at radius 2 is 2.00 bits per heavy atom. The second-order valence-electron chi connectivity index (χ2n) is 3.99. The van der Waals surface area contributed by atoms with Gasteiger partial charge in [-0.05, 0) is 71.0 Å². The van der Waals surface area contributed by atoms with Crippen LogP contribution in [0.4, 0.5) is 0 Å². The molecule has 1 amide bonds. The Kier molecular flexibility index (Phi) is 4.30. The van der Waals surface area contributed by atoms with Crippen LogP contribution in [0.15, 0.2) is 42.7 Å². The molecule has 2 rings (SSSR count). The predicted octanol–water partition coefficient (Wildman–Crippen LogP) is 2.92. The molecule has 1 N–H and O–H groups in total. The van der Waals surface area contributed by atoms with Gasteiger partial charge in [0.15, 0.2) is 0 Å². The fourth-order valence-electron chi connectivity index (χ4n) is 1.56. The number of carbonyl (C=O) groups excluding carboxylic acids is 1. The predicted molar refractivity (Wildman–Crippen MR) is 79.3 cm³/mol. The number of nitrogens with one attached hydrogen (secondary N) is 1. The van der Waals surface area contributed by atoms with Gasteiger partial charge in [0.05, 0.1) is 0 Å². The fraction of sp³-hybridized carbons (Fsp3) is 0.143. The third-order valence-electron chi connectivity index (χ3n) is 2.69. The van der Waals surface area contributed by atoms with E-state index in [0.717, 1.165) is 14.7 Å². The van der Waals surface area contributed by atoms with Crippen molar-refractivity contribution in [2.75, 3.05) is 0 Å². The summed E-state index contributed by atoms with van der Waals surface area (Å²) in [5, 5.41) is 2.89. The van der Waals surface area contributed by atoms with Crippen molar-refractivity contribution < 1.29 is 4.79 Å². The van der Waals surface area contributed by atoms with Crippen molar-refractivity contribution in [3.8, 4) is 0 Å². The molecule has 1 aromatic heterocycles. The Hall–Kier alpha value is -1.43. The molecule has 18 heavy (non-hydrogen) atoms. The number of amides is 1. The molecule has 0 aliphatic carbocycles. The molecule has 4 heteroatoms. The van der Waals surface area contributed by atoms with E-state index in [2.05, 4.69) is 32.9 Å². The molecule has 1 aromatic carbocycles. The number of nitrogens with zero attached hydrogens (tertiary/aromatic N) is 1. The molecular formula is C14H13IN2O. The minimum Gasteiger partial charge on any atom is -0.348 e. The number of aryl methyl sites for hydroxylation is 1. The van der Waals surface area contributed by atoms with Gasteiger partial charge in [-0.2, -0.15) is 0 Å². The number of rotatable bonds is 3. The Morgan fingerprint density at radius 3 is 2.67 bits per heavy atom. The van der Waals surface area contributed by atoms with Gasteiger partial charge in [-0.1, -0.05) is 0 Å². The third-order valence-corrected chi connectivity index (χ3v) is 3.41. The van der Waals surface area contributed by atoms with Crippen LogP contribution < -0.4 is 5.32 Å². The maximum absolute atomic E-state index is 11.9. The summed E-state index contributed by atoms with van der Waals surface area (Å²) in [6.45, 7) is 2.51. The first kappa shape index (κ1) is 13.0. The van der Waals surface area contributed by atoms with Gasteiger partial charge in [-0.15, -0.1) is 0 Å². The van der Waals surface area contributed by atoms with Crippen molar-refractivity contribution in [2.24, 2.45) is 0 Å². The summed E-state index contributed by atoms with van der Waals surface area (Å²) < 4.78 is 1.12. The molecule has 0 saturated carbocycles. The maximum Gasteiger partial charge on any atom is 0.251 e. The lowest BCUT2D eigenvalue weighted by molar-refractivity contribution is 0.0951. The molecule has 0 aliphatic rings. The lowest BCUT2D eigenvalue weighted by atomic mass is 10.1. The van der Waals surface area contributed by atoms with E-state index in [1.54, 1.807) is 12.4 Å². The highest BCUT2D eigenvalue weighted by molar-refractivity contribution is 14.1. The van der Waals surface area contributed by atoms with Gasteiger partial charge < -0.3 is 5.32 Å². The second-order valence-corrected chi connectivity index (χ2v) is 5.24. The Balaban J connectivity index is 2.01. The van der Waals surface area contributed by atoms with E-state index in [4.69, 9.17) is 0 Å². The van der Waals surface area contributed by atoms with Crippen molar-refractivity contribution >= 4 is 28.5 Å². The van der Waals surface area contributed by atoms with Crippen LogP contribution in [-0.2, 0) is 6.54 Å². The lowest BCUT2D eigenvalue weighted by Crippen LogP contribution is -2.23. The zero-order chi connectivity index (χ0) is 13.0. The molecule has 0 bridgehead atoms. The molecule has 0 atom stereocenters. The number of hydrogen-bond acceptors (Lipinski definition) is 2. The molecule has 92 valence electrons. The normalized spacial score (nSPS) is 10.1. The molecule has 0 spiro atoms. The van der Waals surface area contributed by atoms with E-state index in [-0.39, 0.29) is 5.91 Å². The van der Waals surface area contributed by atoms with Gasteiger partial charge in [0.1, 0.15) is 0 Å². The van der Waals surface area contributed by atoms with E-state index >= 15 is 0 Å². The average Bonchev–Trinajstić information content (AvgIpc) is 2.38. The lowest BCUT2D eigenvalue weighted by Gasteiger charge is -2.07. The first-order valence-electron chi connectivity index (χ1n) is 5.60. The summed E-state index contributed by atoms with van der Waals surface area (Å²) in [7, 11) is 0. The molecular weight excluding hydrogens is 339 g/mol. The Bertz CT molecular complexity index is 552. The monoisotopic (exact) mass is 352 g/mol. The smallest absolute Gasteiger partial charge is 0.251 e. The molecule has 2 aromatic rings. The number of halogens is 1. The summed E-state index contributed by atoms with van der Waals surface area (Å²) in [4.78, 5) is 16.0. The van der Waals surface area contributed by atoms with Gasteiger partial charge in [0.25, 0.3) is 5.91 Å². The molecule has 0 aliphatic heterocycles. The Morgan fingerprint density at radius 1 is 1.28 bits per heavy atom. The Labute approximate surface area is 120 Å². The highest BCUT2D eigenvalue weighted by Crippen LogP contribution is 2.08. The minimum atomic E-state index is -0.0605. The summed E-state index contributed by atoms with van der Waals surface area (Å²) in [6, 6.07) is 9.43. The largest absolute Gasteiger partial charge is 0.348 e. The van der Waals surface area contributed by atoms with E-state index in [0.29, 0.717) is 12.1 Å². The van der Waals surface area contributed by atoms with Crippen molar-refractivity contribution in [2.45, 2.75) is 13.5 Å². The number of pyridine rings is 1. The van der Waals surface area contributed by atoms with Crippen molar-refractivity contribution in [3.05, 3.63) is 63.0 Å². The number of benzene rings is 1. The van der Waals surface area contributed by atoms with Gasteiger partial charge in [-0.3, -0.25) is 9.78 Å². The van der Waals surface area contributed by atoms with Crippen LogP contribution in [0.1, 0.15) is 21.5 Å². The highest BCUT2D eigenvalue weighted by Gasteiger charge is 2.05. The molecule has 1 heterocycles. The second kappa shape index (κ2) is 5.95. The van der Waals surface area contributed by atoms with E-state index in [1.807, 2.05) is 37.3 Å². The minimum absolute atomic E-state index is 0.0605. The summed E-state index contributed by atoms with van der Waals surface area (Å²) >= 11 is 2.21. The highest BCUT2D eigenvalue weighted by atomic mass is 127. The zero-order valence-corrected chi connectivity index (χ0v) is 12.1. The molecule has 0 radical (unpaired) electrons. The van der Waals surface area contributed by atoms with E-state index in [9.17, 15) is 4.79 Å². The topological polar surface area (TPSA) is 42.0 Å². The van der Waals surface area contributed by atoms with Gasteiger partial charge in [-0.25, -0.2) is 0 Å². The number of carbonyl (C=O) groups is 1. The zero-order valence-electron chi connectivity index (χ0n) is 9.98. The average molecular weight is 352 g/mol. The van der Waals surface area contributed by atoms with Crippen molar-refractivity contribution in [1.29, 1.82) is 0 Å². The molecule has 3 nitrogen and oxygen atoms in total. The van der Waals surface area contributed by atoms with Crippen LogP contribution >= 0.6 is 22.6 Å². The van der Waals surface area contributed by atoms with Gasteiger partial charge >= 0.3 is 0 Å². The standard InChI is InChI=1S/C14H13IN2O/c1-10-6-7-16-8-12(10)9-17-14(18)11-2-4-13(15)5-3-11/h2-8H,9H2,1H3,(H,17,18). The van der Waals surface area contributed by atoms with Crippen LogP contribution in [0.2, 0.25) is 0 Å². The number of aromatic nitrogens is 1. The van der Waals surface area contributed by atoms with Crippen LogP contribution in [-0.4, -0.2) is 10.9 Å². The first-order valence-corrected chi connectivity index (χ1v) is 6.68. The van der Waals surface area contributed by atoms with Crippen LogP contribution in [0.3, 0.4) is 0 Å². The summed E-state index contributed by atoms with van der Waals surface area (Å²) in [5.41, 5.74) is 2.85. The van der Waals surface area contributed by atoms with Crippen molar-refractivity contribution in [3.63, 3.8) is 0 Å². The third kappa shape index (κ3) is 3.29. The summed E-state index contributed by atoms with van der Waals surface area (Å²) in [5.74, 6) is -0.0605. The van der Waals surface area contributed by atoms with E-state index < -0.39 is 0 Å². The summed E-state index contributed by atoms with van der Waals surface area (Å²) in [6.07, 6.45) is 3.53. The van der Waals surface area contributed by atoms with Crippen LogP contribution in [0.5, 0.6) is 0 Å². The first-order chi connectivity index (χ1) is 8.66. The van der Waals surface area contributed by atoms with Crippen LogP contribution in [0, 0.1) is 10.5 Å². The quantitative estimate of drug-likeness (QED) is 0.864. The number of hydrogen-bond donors (Lipinski definition) is 1. The van der Waals surface area contributed by atoms with Gasteiger partial charge in [0.2, 0.25) is 0 Å². The van der Waals surface area contributed by atoms with Gasteiger partial charge in [0, 0.05) is 28.1 Å². The van der Waals surface area contributed by atoms with E-state index in [1.165, 1.54) is 0 Å². The molecule has 0 fully saturated rings.